The summed E-state index contributed by atoms with van der Waals surface area (Å²) in [5, 5.41) is 2.28. The first-order chi connectivity index (χ1) is 6.72. The quantitative estimate of drug-likeness (QED) is 0.787. The molecule has 1 aromatic carbocycles. The van der Waals surface area contributed by atoms with Gasteiger partial charge in [-0.2, -0.15) is 0 Å². The van der Waals surface area contributed by atoms with Crippen molar-refractivity contribution >= 4 is 5.91 Å². The number of methoxy groups -OCH3 is 2. The summed E-state index contributed by atoms with van der Waals surface area (Å²) in [6, 6.07) is 4.95. The average molecular weight is 194 g/mol. The van der Waals surface area contributed by atoms with Gasteiger partial charge in [0.1, 0.15) is 11.5 Å². The maximum absolute atomic E-state index is 11.3. The number of rotatable bonds is 3. The van der Waals surface area contributed by atoms with Crippen molar-refractivity contribution in [3.05, 3.63) is 30.8 Å². The first-order valence-electron chi connectivity index (χ1n) is 4.02. The van der Waals surface area contributed by atoms with Gasteiger partial charge in [0.05, 0.1) is 19.8 Å². The number of carbonyl (C=O) groups is 1. The van der Waals surface area contributed by atoms with Crippen LogP contribution in [0.3, 0.4) is 0 Å². The zero-order chi connectivity index (χ0) is 10.6. The molecule has 0 aromatic heterocycles. The zero-order valence-electron chi connectivity index (χ0n) is 8.16. The molecule has 0 aliphatic carbocycles. The maximum Gasteiger partial charge on any atom is 0.255 e. The normalized spacial score (nSPS) is 9.36. The maximum atomic E-state index is 11.3. The van der Waals surface area contributed by atoms with E-state index in [0.29, 0.717) is 17.1 Å². The minimum Gasteiger partial charge on any atom is -0.497 e. The lowest BCUT2D eigenvalue weighted by atomic mass is 10.2. The van der Waals surface area contributed by atoms with Crippen LogP contribution in [0.25, 0.3) is 0 Å². The van der Waals surface area contributed by atoms with Gasteiger partial charge in [-0.3, -0.25) is 4.79 Å². The van der Waals surface area contributed by atoms with Crippen LogP contribution in [-0.4, -0.2) is 20.1 Å². The molecule has 1 rings (SSSR count). The van der Waals surface area contributed by atoms with Crippen molar-refractivity contribution in [2.24, 2.45) is 0 Å². The van der Waals surface area contributed by atoms with Gasteiger partial charge in [-0.25, -0.2) is 0 Å². The first kappa shape index (κ1) is 10.4. The van der Waals surface area contributed by atoms with Gasteiger partial charge in [-0.15, -0.1) is 0 Å². The van der Waals surface area contributed by atoms with Gasteiger partial charge >= 0.3 is 0 Å². The standard InChI is InChI=1S/C10H12NO3/c1-11-10(12)8-5-4-7(13-2)6-9(8)14-3/h4-6H,1H2,2-3H3,(H,11,12). The number of hydrogen-bond acceptors (Lipinski definition) is 3. The van der Waals surface area contributed by atoms with Crippen LogP contribution in [0.2, 0.25) is 0 Å². The topological polar surface area (TPSA) is 47.6 Å². The van der Waals surface area contributed by atoms with E-state index in [0.717, 1.165) is 0 Å². The van der Waals surface area contributed by atoms with Crippen LogP contribution in [0.15, 0.2) is 18.2 Å². The fourth-order valence-electron chi connectivity index (χ4n) is 1.08. The Labute approximate surface area is 82.8 Å². The van der Waals surface area contributed by atoms with Crippen molar-refractivity contribution in [3.8, 4) is 11.5 Å². The molecule has 0 unspecified atom stereocenters. The molecule has 1 aromatic rings. The van der Waals surface area contributed by atoms with Gasteiger partial charge in [-0.05, 0) is 12.1 Å². The SMILES string of the molecule is [CH2]NC(=O)c1ccc(OC)cc1OC. The van der Waals surface area contributed by atoms with Crippen LogP contribution < -0.4 is 14.8 Å². The molecule has 0 fully saturated rings. The molecule has 0 spiro atoms. The second-order valence-electron chi connectivity index (χ2n) is 2.57. The van der Waals surface area contributed by atoms with Crippen molar-refractivity contribution < 1.29 is 14.3 Å². The first-order valence-corrected chi connectivity index (χ1v) is 4.02. The van der Waals surface area contributed by atoms with E-state index in [1.54, 1.807) is 25.3 Å². The van der Waals surface area contributed by atoms with E-state index in [-0.39, 0.29) is 5.91 Å². The molecule has 0 saturated heterocycles. The van der Waals surface area contributed by atoms with Crippen molar-refractivity contribution in [3.63, 3.8) is 0 Å². The van der Waals surface area contributed by atoms with Crippen LogP contribution in [-0.2, 0) is 0 Å². The lowest BCUT2D eigenvalue weighted by Crippen LogP contribution is -2.16. The molecule has 0 bridgehead atoms. The third-order valence-electron chi connectivity index (χ3n) is 1.81. The van der Waals surface area contributed by atoms with Crippen molar-refractivity contribution in [1.82, 2.24) is 5.32 Å². The average Bonchev–Trinajstić information content (AvgIpc) is 2.27. The molecule has 1 N–H and O–H groups in total. The number of ether oxygens (including phenoxy) is 2. The highest BCUT2D eigenvalue weighted by atomic mass is 16.5. The fourth-order valence-corrected chi connectivity index (χ4v) is 1.08. The molecule has 4 heteroatoms. The number of hydrogen-bond donors (Lipinski definition) is 1. The minimum absolute atomic E-state index is 0.287. The van der Waals surface area contributed by atoms with Gasteiger partial charge in [0, 0.05) is 13.1 Å². The van der Waals surface area contributed by atoms with Crippen LogP contribution in [0.1, 0.15) is 10.4 Å². The van der Waals surface area contributed by atoms with Crippen LogP contribution in [0.5, 0.6) is 11.5 Å². The number of nitrogens with one attached hydrogen (secondary N) is 1. The monoisotopic (exact) mass is 194 g/mol. The lowest BCUT2D eigenvalue weighted by Gasteiger charge is -2.08. The summed E-state index contributed by atoms with van der Waals surface area (Å²) in [5.74, 6) is 0.817. The summed E-state index contributed by atoms with van der Waals surface area (Å²) in [7, 11) is 6.34. The van der Waals surface area contributed by atoms with E-state index in [4.69, 9.17) is 9.47 Å². The second kappa shape index (κ2) is 4.50. The summed E-state index contributed by atoms with van der Waals surface area (Å²) in [6.07, 6.45) is 0. The lowest BCUT2D eigenvalue weighted by molar-refractivity contribution is 0.0966. The van der Waals surface area contributed by atoms with Crippen molar-refractivity contribution in [2.75, 3.05) is 14.2 Å². The number of amides is 1. The summed E-state index contributed by atoms with van der Waals surface area (Å²) in [6.45, 7) is 0. The van der Waals surface area contributed by atoms with Gasteiger partial charge < -0.3 is 14.8 Å². The molecule has 0 aliphatic heterocycles. The Morgan fingerprint density at radius 2 is 2.07 bits per heavy atom. The Morgan fingerprint density at radius 1 is 1.36 bits per heavy atom. The van der Waals surface area contributed by atoms with E-state index in [2.05, 4.69) is 12.4 Å². The van der Waals surface area contributed by atoms with Crippen LogP contribution in [0.4, 0.5) is 0 Å². The van der Waals surface area contributed by atoms with Crippen molar-refractivity contribution in [1.29, 1.82) is 0 Å². The molecule has 4 nitrogen and oxygen atoms in total. The highest BCUT2D eigenvalue weighted by Crippen LogP contribution is 2.24. The number of benzene rings is 1. The molecule has 75 valence electrons. The van der Waals surface area contributed by atoms with E-state index in [9.17, 15) is 4.79 Å². The number of carbonyl (C=O) groups excluding carboxylic acids is 1. The Morgan fingerprint density at radius 3 is 2.57 bits per heavy atom. The van der Waals surface area contributed by atoms with Gasteiger partial charge in [0.2, 0.25) is 0 Å². The van der Waals surface area contributed by atoms with Gasteiger partial charge in [0.25, 0.3) is 5.91 Å². The summed E-state index contributed by atoms with van der Waals surface area (Å²) in [4.78, 5) is 11.3. The Bertz CT molecular complexity index is 336. The third kappa shape index (κ3) is 1.96. The predicted molar refractivity (Wildman–Crippen MR) is 52.4 cm³/mol. The molecule has 14 heavy (non-hydrogen) atoms. The molecule has 0 heterocycles. The molecule has 0 atom stereocenters. The molecular weight excluding hydrogens is 182 g/mol. The molecular formula is C10H12NO3. The zero-order valence-corrected chi connectivity index (χ0v) is 8.16. The minimum atomic E-state index is -0.287. The second-order valence-corrected chi connectivity index (χ2v) is 2.57. The largest absolute Gasteiger partial charge is 0.497 e. The third-order valence-corrected chi connectivity index (χ3v) is 1.81. The summed E-state index contributed by atoms with van der Waals surface area (Å²) in [5.41, 5.74) is 0.434. The van der Waals surface area contributed by atoms with Crippen LogP contribution >= 0.6 is 0 Å². The molecule has 1 amide bonds. The molecule has 1 radical (unpaired) electrons. The van der Waals surface area contributed by atoms with Crippen molar-refractivity contribution in [2.45, 2.75) is 0 Å². The highest BCUT2D eigenvalue weighted by Gasteiger charge is 2.10. The van der Waals surface area contributed by atoms with E-state index in [1.165, 1.54) is 7.11 Å². The Hall–Kier alpha value is -1.71. The van der Waals surface area contributed by atoms with E-state index >= 15 is 0 Å². The van der Waals surface area contributed by atoms with Crippen LogP contribution in [0, 0.1) is 7.05 Å². The fraction of sp³-hybridized carbons (Fsp3) is 0.200. The smallest absolute Gasteiger partial charge is 0.255 e. The Kier molecular flexibility index (Phi) is 3.34. The van der Waals surface area contributed by atoms with E-state index < -0.39 is 0 Å². The molecule has 0 aliphatic rings. The van der Waals surface area contributed by atoms with E-state index in [1.807, 2.05) is 0 Å². The van der Waals surface area contributed by atoms with Gasteiger partial charge in [-0.1, -0.05) is 0 Å². The summed E-state index contributed by atoms with van der Waals surface area (Å²) < 4.78 is 10.0. The van der Waals surface area contributed by atoms with Gasteiger partial charge in [0.15, 0.2) is 0 Å². The Balaban J connectivity index is 3.11. The highest BCUT2D eigenvalue weighted by molar-refractivity contribution is 5.97. The molecule has 0 saturated carbocycles. The summed E-state index contributed by atoms with van der Waals surface area (Å²) >= 11 is 0. The predicted octanol–water partition coefficient (Wildman–Crippen LogP) is 1.23.